The Bertz CT molecular complexity index is 1130. The van der Waals surface area contributed by atoms with Gasteiger partial charge in [0.25, 0.3) is 10.0 Å². The molecule has 3 rings (SSSR count). The highest BCUT2D eigenvalue weighted by molar-refractivity contribution is 7.92. The van der Waals surface area contributed by atoms with E-state index >= 15 is 0 Å². The molecule has 0 radical (unpaired) electrons. The second-order valence-electron chi connectivity index (χ2n) is 6.55. The van der Waals surface area contributed by atoms with Crippen LogP contribution in [0.5, 0.6) is 5.75 Å². The lowest BCUT2D eigenvalue weighted by molar-refractivity contribution is -0.114. The summed E-state index contributed by atoms with van der Waals surface area (Å²) in [6.07, 6.45) is 0. The third-order valence-electron chi connectivity index (χ3n) is 4.34. The van der Waals surface area contributed by atoms with Crippen LogP contribution in [-0.2, 0) is 21.4 Å². The number of nitrogens with zero attached hydrogens (tertiary/aromatic N) is 1. The molecular formula is C22H21ClN2O4S. The smallest absolute Gasteiger partial charge is 0.264 e. The van der Waals surface area contributed by atoms with Gasteiger partial charge in [-0.25, -0.2) is 8.42 Å². The molecule has 0 saturated heterocycles. The maximum atomic E-state index is 13.5. The van der Waals surface area contributed by atoms with Crippen LogP contribution < -0.4 is 14.4 Å². The average molecular weight is 445 g/mol. The van der Waals surface area contributed by atoms with E-state index in [2.05, 4.69) is 5.32 Å². The van der Waals surface area contributed by atoms with Gasteiger partial charge in [0.1, 0.15) is 5.75 Å². The van der Waals surface area contributed by atoms with Crippen molar-refractivity contribution < 1.29 is 17.9 Å². The number of nitrogens with one attached hydrogen (secondary N) is 1. The SMILES string of the molecule is COc1cccc(N(Cc2ccc(Cl)cc2)S(=O)(=O)c2ccc(NC(C)=O)cc2)c1. The third kappa shape index (κ3) is 5.11. The van der Waals surface area contributed by atoms with Gasteiger partial charge in [-0.1, -0.05) is 29.8 Å². The molecule has 0 unspecified atom stereocenters. The first-order valence-corrected chi connectivity index (χ1v) is 10.9. The lowest BCUT2D eigenvalue weighted by Gasteiger charge is -2.25. The van der Waals surface area contributed by atoms with E-state index in [1.807, 2.05) is 0 Å². The summed E-state index contributed by atoms with van der Waals surface area (Å²) in [7, 11) is -2.37. The van der Waals surface area contributed by atoms with Crippen LogP contribution in [0.25, 0.3) is 0 Å². The Morgan fingerprint density at radius 1 is 1.03 bits per heavy atom. The van der Waals surface area contributed by atoms with Crippen LogP contribution in [0.1, 0.15) is 12.5 Å². The number of amides is 1. The number of rotatable bonds is 7. The number of anilines is 2. The van der Waals surface area contributed by atoms with Gasteiger partial charge in [-0.05, 0) is 54.1 Å². The topological polar surface area (TPSA) is 75.7 Å². The van der Waals surface area contributed by atoms with Crippen LogP contribution in [0.3, 0.4) is 0 Å². The second-order valence-corrected chi connectivity index (χ2v) is 8.84. The minimum absolute atomic E-state index is 0.105. The van der Waals surface area contributed by atoms with Crippen molar-refractivity contribution in [2.24, 2.45) is 0 Å². The molecule has 156 valence electrons. The molecule has 0 fully saturated rings. The summed E-state index contributed by atoms with van der Waals surface area (Å²) >= 11 is 5.96. The van der Waals surface area contributed by atoms with E-state index in [9.17, 15) is 13.2 Å². The predicted molar refractivity (Wildman–Crippen MR) is 119 cm³/mol. The van der Waals surface area contributed by atoms with Gasteiger partial charge < -0.3 is 10.1 Å². The molecule has 6 nitrogen and oxygen atoms in total. The fraction of sp³-hybridized carbons (Fsp3) is 0.136. The molecule has 0 aliphatic heterocycles. The summed E-state index contributed by atoms with van der Waals surface area (Å²) in [4.78, 5) is 11.3. The van der Waals surface area contributed by atoms with Crippen LogP contribution in [0.2, 0.25) is 5.02 Å². The Hall–Kier alpha value is -3.03. The lowest BCUT2D eigenvalue weighted by Crippen LogP contribution is -2.30. The number of ether oxygens (including phenoxy) is 1. The number of carbonyl (C=O) groups is 1. The minimum atomic E-state index is -3.90. The largest absolute Gasteiger partial charge is 0.497 e. The van der Waals surface area contributed by atoms with Crippen molar-refractivity contribution in [3.63, 3.8) is 0 Å². The monoisotopic (exact) mass is 444 g/mol. The Kier molecular flexibility index (Phi) is 6.64. The van der Waals surface area contributed by atoms with Crippen molar-refractivity contribution in [2.45, 2.75) is 18.4 Å². The first kappa shape index (κ1) is 21.7. The molecule has 0 heterocycles. The fourth-order valence-corrected chi connectivity index (χ4v) is 4.45. The number of halogens is 1. The summed E-state index contributed by atoms with van der Waals surface area (Å²) in [6.45, 7) is 1.50. The zero-order valence-corrected chi connectivity index (χ0v) is 18.1. The lowest BCUT2D eigenvalue weighted by atomic mass is 10.2. The van der Waals surface area contributed by atoms with Crippen molar-refractivity contribution in [3.05, 3.63) is 83.4 Å². The molecule has 3 aromatic rings. The van der Waals surface area contributed by atoms with Gasteiger partial charge in [-0.2, -0.15) is 0 Å². The molecule has 1 amide bonds. The Morgan fingerprint density at radius 3 is 2.30 bits per heavy atom. The van der Waals surface area contributed by atoms with Gasteiger partial charge in [0, 0.05) is 23.7 Å². The molecule has 0 saturated carbocycles. The zero-order valence-electron chi connectivity index (χ0n) is 16.5. The molecule has 0 aliphatic rings. The van der Waals surface area contributed by atoms with Gasteiger partial charge in [0.2, 0.25) is 5.91 Å². The van der Waals surface area contributed by atoms with E-state index in [0.717, 1.165) is 5.56 Å². The number of carbonyl (C=O) groups excluding carboxylic acids is 1. The van der Waals surface area contributed by atoms with Gasteiger partial charge in [-0.3, -0.25) is 9.10 Å². The molecule has 0 aliphatic carbocycles. The maximum Gasteiger partial charge on any atom is 0.264 e. The molecule has 3 aromatic carbocycles. The zero-order chi connectivity index (χ0) is 21.7. The minimum Gasteiger partial charge on any atom is -0.497 e. The van der Waals surface area contributed by atoms with Gasteiger partial charge in [-0.15, -0.1) is 0 Å². The Morgan fingerprint density at radius 2 is 1.70 bits per heavy atom. The van der Waals surface area contributed by atoms with E-state index in [0.29, 0.717) is 22.1 Å². The molecule has 0 spiro atoms. The molecule has 0 bridgehead atoms. The Balaban J connectivity index is 2.02. The molecule has 0 aromatic heterocycles. The van der Waals surface area contributed by atoms with Gasteiger partial charge in [0.15, 0.2) is 0 Å². The Labute approximate surface area is 181 Å². The highest BCUT2D eigenvalue weighted by Crippen LogP contribution is 2.29. The highest BCUT2D eigenvalue weighted by Gasteiger charge is 2.25. The normalized spacial score (nSPS) is 11.0. The third-order valence-corrected chi connectivity index (χ3v) is 6.38. The van der Waals surface area contributed by atoms with E-state index < -0.39 is 10.0 Å². The summed E-state index contributed by atoms with van der Waals surface area (Å²) in [6, 6.07) is 19.9. The van der Waals surface area contributed by atoms with Crippen molar-refractivity contribution in [1.82, 2.24) is 0 Å². The summed E-state index contributed by atoms with van der Waals surface area (Å²) in [5.41, 5.74) is 1.77. The number of hydrogen-bond donors (Lipinski definition) is 1. The van der Waals surface area contributed by atoms with E-state index in [4.69, 9.17) is 16.3 Å². The second kappa shape index (κ2) is 9.19. The van der Waals surface area contributed by atoms with Crippen LogP contribution in [0.15, 0.2) is 77.7 Å². The quantitative estimate of drug-likeness (QED) is 0.573. The first-order valence-electron chi connectivity index (χ1n) is 9.08. The van der Waals surface area contributed by atoms with Crippen LogP contribution in [0, 0.1) is 0 Å². The van der Waals surface area contributed by atoms with Crippen molar-refractivity contribution in [2.75, 3.05) is 16.7 Å². The van der Waals surface area contributed by atoms with E-state index in [-0.39, 0.29) is 17.3 Å². The molecule has 1 N–H and O–H groups in total. The van der Waals surface area contributed by atoms with Gasteiger partial charge >= 0.3 is 0 Å². The molecule has 0 atom stereocenters. The first-order chi connectivity index (χ1) is 14.3. The highest BCUT2D eigenvalue weighted by atomic mass is 35.5. The van der Waals surface area contributed by atoms with E-state index in [1.165, 1.54) is 30.5 Å². The van der Waals surface area contributed by atoms with Crippen LogP contribution in [-0.4, -0.2) is 21.4 Å². The molecule has 30 heavy (non-hydrogen) atoms. The van der Waals surface area contributed by atoms with Crippen LogP contribution in [0.4, 0.5) is 11.4 Å². The number of benzene rings is 3. The summed E-state index contributed by atoms with van der Waals surface area (Å²) in [5, 5.41) is 3.20. The van der Waals surface area contributed by atoms with Crippen molar-refractivity contribution in [1.29, 1.82) is 0 Å². The van der Waals surface area contributed by atoms with E-state index in [1.54, 1.807) is 60.7 Å². The molecular weight excluding hydrogens is 424 g/mol. The fourth-order valence-electron chi connectivity index (χ4n) is 2.88. The van der Waals surface area contributed by atoms with Crippen molar-refractivity contribution >= 4 is 38.9 Å². The maximum absolute atomic E-state index is 13.5. The van der Waals surface area contributed by atoms with Gasteiger partial charge in [0.05, 0.1) is 24.2 Å². The van der Waals surface area contributed by atoms with Crippen LogP contribution >= 0.6 is 11.6 Å². The predicted octanol–water partition coefficient (Wildman–Crippen LogP) is 4.70. The average Bonchev–Trinajstić information content (AvgIpc) is 2.73. The summed E-state index contributed by atoms with van der Waals surface area (Å²) < 4.78 is 33.6. The summed E-state index contributed by atoms with van der Waals surface area (Å²) in [5.74, 6) is 0.316. The van der Waals surface area contributed by atoms with Crippen molar-refractivity contribution in [3.8, 4) is 5.75 Å². The standard InChI is InChI=1S/C22H21ClN2O4S/c1-16(26)24-19-10-12-22(13-11-19)30(27,28)25(15-17-6-8-18(23)9-7-17)20-4-3-5-21(14-20)29-2/h3-14H,15H2,1-2H3,(H,24,26). The number of sulfonamides is 1. The number of hydrogen-bond acceptors (Lipinski definition) is 4. The molecule has 8 heteroatoms. The number of methoxy groups -OCH3 is 1.